The molecule has 182 valence electrons. The molecule has 0 fully saturated rings. The minimum absolute atomic E-state index is 0.0500. The summed E-state index contributed by atoms with van der Waals surface area (Å²) in [6, 6.07) is 0. The molecule has 6 nitrogen and oxygen atoms in total. The van der Waals surface area contributed by atoms with Gasteiger partial charge in [-0.3, -0.25) is 4.79 Å². The second kappa shape index (κ2) is 16.1. The Balaban J connectivity index is 4.25. The van der Waals surface area contributed by atoms with Crippen molar-refractivity contribution in [3.8, 4) is 0 Å². The Morgan fingerprint density at radius 2 is 1.48 bits per heavy atom. The van der Waals surface area contributed by atoms with Crippen molar-refractivity contribution in [1.82, 2.24) is 0 Å². The number of carboxylic acids is 2. The third-order valence-electron chi connectivity index (χ3n) is 5.48. The van der Waals surface area contributed by atoms with Crippen molar-refractivity contribution in [2.24, 2.45) is 5.92 Å². The highest BCUT2D eigenvalue weighted by Gasteiger charge is 2.46. The van der Waals surface area contributed by atoms with E-state index >= 15 is 0 Å². The Bertz CT molecular complexity index is 538. The van der Waals surface area contributed by atoms with E-state index < -0.39 is 29.4 Å². The summed E-state index contributed by atoms with van der Waals surface area (Å²) in [5.41, 5.74) is -2.46. The van der Waals surface area contributed by atoms with Crippen LogP contribution < -0.4 is 0 Å². The Morgan fingerprint density at radius 1 is 0.935 bits per heavy atom. The van der Waals surface area contributed by atoms with Gasteiger partial charge in [-0.15, -0.1) is 0 Å². The molecule has 0 heterocycles. The van der Waals surface area contributed by atoms with Gasteiger partial charge in [-0.05, 0) is 25.7 Å². The van der Waals surface area contributed by atoms with E-state index in [1.807, 2.05) is 0 Å². The van der Waals surface area contributed by atoms with Crippen molar-refractivity contribution in [1.29, 1.82) is 0 Å². The molecular formula is C23H40F2O6. The van der Waals surface area contributed by atoms with Gasteiger partial charge in [0.1, 0.15) is 5.92 Å². The molecule has 8 heteroatoms. The number of rotatable bonds is 20. The van der Waals surface area contributed by atoms with Gasteiger partial charge in [-0.25, -0.2) is 13.6 Å². The van der Waals surface area contributed by atoms with Crippen molar-refractivity contribution in [2.45, 2.75) is 102 Å². The molecule has 0 aliphatic carbocycles. The standard InChI is InChI=1S/C23H40F2O6/c1-3-4-5-9-12-15-22(24,25)16-13-10-7-6-8-11-14-19(20(26)27)23(30,21(28)29)17-18-31-2/h11,14,19,30H,3-10,12-13,15-18H2,1-2H3,(H,26,27)(H,28,29)/b14-11+/t19-,23+/m1/s1. The molecular weight excluding hydrogens is 410 g/mol. The zero-order chi connectivity index (χ0) is 23.8. The normalized spacial score (nSPS) is 15.1. The smallest absolute Gasteiger partial charge is 0.337 e. The maximum atomic E-state index is 13.8. The zero-order valence-corrected chi connectivity index (χ0v) is 19.0. The predicted molar refractivity (Wildman–Crippen MR) is 115 cm³/mol. The molecule has 0 aromatic carbocycles. The molecule has 0 aliphatic rings. The topological polar surface area (TPSA) is 104 Å². The summed E-state index contributed by atoms with van der Waals surface area (Å²) in [7, 11) is 1.33. The van der Waals surface area contributed by atoms with E-state index in [-0.39, 0.29) is 25.9 Å². The van der Waals surface area contributed by atoms with Gasteiger partial charge in [-0.2, -0.15) is 0 Å². The Hall–Kier alpha value is -1.54. The number of alkyl halides is 2. The van der Waals surface area contributed by atoms with Gasteiger partial charge in [0.2, 0.25) is 5.92 Å². The quantitative estimate of drug-likeness (QED) is 0.169. The van der Waals surface area contributed by atoms with E-state index in [4.69, 9.17) is 4.74 Å². The minimum atomic E-state index is -2.61. The van der Waals surface area contributed by atoms with E-state index in [9.17, 15) is 33.7 Å². The van der Waals surface area contributed by atoms with Crippen LogP contribution in [0.4, 0.5) is 8.78 Å². The van der Waals surface area contributed by atoms with E-state index in [0.29, 0.717) is 32.1 Å². The predicted octanol–water partition coefficient (Wildman–Crippen LogP) is 5.43. The molecule has 31 heavy (non-hydrogen) atoms. The monoisotopic (exact) mass is 450 g/mol. The summed E-state index contributed by atoms with van der Waals surface area (Å²) in [5, 5.41) is 28.9. The largest absolute Gasteiger partial charge is 0.481 e. The van der Waals surface area contributed by atoms with Crippen LogP contribution in [0, 0.1) is 5.92 Å². The van der Waals surface area contributed by atoms with Crippen LogP contribution in [0.1, 0.15) is 90.4 Å². The van der Waals surface area contributed by atoms with Gasteiger partial charge >= 0.3 is 11.9 Å². The molecule has 0 saturated heterocycles. The highest BCUT2D eigenvalue weighted by molar-refractivity contribution is 5.86. The molecule has 2 atom stereocenters. The minimum Gasteiger partial charge on any atom is -0.481 e. The molecule has 0 saturated carbocycles. The number of halogens is 2. The van der Waals surface area contributed by atoms with Gasteiger partial charge in [0, 0.05) is 33.0 Å². The molecule has 0 unspecified atom stereocenters. The molecule has 0 bridgehead atoms. The number of ether oxygens (including phenoxy) is 1. The summed E-state index contributed by atoms with van der Waals surface area (Å²) in [6.07, 6.45) is 9.82. The molecule has 0 radical (unpaired) electrons. The third-order valence-corrected chi connectivity index (χ3v) is 5.48. The first-order valence-corrected chi connectivity index (χ1v) is 11.3. The number of hydrogen-bond donors (Lipinski definition) is 3. The fourth-order valence-corrected chi connectivity index (χ4v) is 3.44. The Labute approximate surface area is 184 Å². The number of allylic oxidation sites excluding steroid dienone is 1. The van der Waals surface area contributed by atoms with Crippen LogP contribution in [0.25, 0.3) is 0 Å². The summed E-state index contributed by atoms with van der Waals surface area (Å²) in [6.45, 7) is 2.00. The van der Waals surface area contributed by atoms with Crippen LogP contribution in [-0.2, 0) is 14.3 Å². The van der Waals surface area contributed by atoms with E-state index in [1.165, 1.54) is 19.3 Å². The second-order valence-corrected chi connectivity index (χ2v) is 8.19. The lowest BCUT2D eigenvalue weighted by Crippen LogP contribution is -2.49. The summed E-state index contributed by atoms with van der Waals surface area (Å²) >= 11 is 0. The highest BCUT2D eigenvalue weighted by atomic mass is 19.3. The number of hydrogen-bond acceptors (Lipinski definition) is 4. The molecule has 3 N–H and O–H groups in total. The molecule has 0 spiro atoms. The van der Waals surface area contributed by atoms with Crippen LogP contribution in [0.5, 0.6) is 0 Å². The summed E-state index contributed by atoms with van der Waals surface area (Å²) < 4.78 is 32.5. The SMILES string of the molecule is CCCCCCCC(F)(F)CCCCCC/C=C/[C@H](C(=O)O)[C@@](O)(CCOC)C(=O)O. The first-order valence-electron chi connectivity index (χ1n) is 11.3. The first kappa shape index (κ1) is 29.5. The lowest BCUT2D eigenvalue weighted by molar-refractivity contribution is -0.173. The molecule has 0 aromatic rings. The van der Waals surface area contributed by atoms with Crippen molar-refractivity contribution in [3.05, 3.63) is 12.2 Å². The van der Waals surface area contributed by atoms with Crippen molar-refractivity contribution in [2.75, 3.05) is 13.7 Å². The molecule has 0 aromatic heterocycles. The van der Waals surface area contributed by atoms with Crippen molar-refractivity contribution >= 4 is 11.9 Å². The number of aliphatic carboxylic acids is 2. The fraction of sp³-hybridized carbons (Fsp3) is 0.826. The number of carboxylic acid groups (broad SMARTS) is 2. The van der Waals surface area contributed by atoms with Crippen LogP contribution in [0.15, 0.2) is 12.2 Å². The second-order valence-electron chi connectivity index (χ2n) is 8.19. The van der Waals surface area contributed by atoms with E-state index in [2.05, 4.69) is 6.92 Å². The maximum Gasteiger partial charge on any atom is 0.337 e. The molecule has 0 aliphatic heterocycles. The third kappa shape index (κ3) is 12.8. The number of aliphatic hydroxyl groups is 1. The van der Waals surface area contributed by atoms with Crippen LogP contribution in [0.2, 0.25) is 0 Å². The van der Waals surface area contributed by atoms with Crippen LogP contribution in [-0.4, -0.2) is 52.5 Å². The van der Waals surface area contributed by atoms with Gasteiger partial charge in [0.05, 0.1) is 0 Å². The zero-order valence-electron chi connectivity index (χ0n) is 19.0. The maximum absolute atomic E-state index is 13.8. The van der Waals surface area contributed by atoms with Gasteiger partial charge in [0.15, 0.2) is 5.60 Å². The molecule has 0 amide bonds. The van der Waals surface area contributed by atoms with Gasteiger partial charge in [-0.1, -0.05) is 57.6 Å². The lowest BCUT2D eigenvalue weighted by atomic mass is 9.84. The average Bonchev–Trinajstić information content (AvgIpc) is 2.70. The van der Waals surface area contributed by atoms with E-state index in [0.717, 1.165) is 32.1 Å². The Kier molecular flexibility index (Phi) is 15.3. The van der Waals surface area contributed by atoms with Gasteiger partial charge in [0.25, 0.3) is 0 Å². The van der Waals surface area contributed by atoms with E-state index in [1.54, 1.807) is 0 Å². The molecule has 0 rings (SSSR count). The number of methoxy groups -OCH3 is 1. The average molecular weight is 451 g/mol. The fourth-order valence-electron chi connectivity index (χ4n) is 3.44. The highest BCUT2D eigenvalue weighted by Crippen LogP contribution is 2.29. The van der Waals surface area contributed by atoms with Crippen molar-refractivity contribution < 1.29 is 38.4 Å². The van der Waals surface area contributed by atoms with Crippen LogP contribution in [0.3, 0.4) is 0 Å². The van der Waals surface area contributed by atoms with Crippen LogP contribution >= 0.6 is 0 Å². The Morgan fingerprint density at radius 3 is 1.97 bits per heavy atom. The van der Waals surface area contributed by atoms with Gasteiger partial charge < -0.3 is 20.1 Å². The lowest BCUT2D eigenvalue weighted by Gasteiger charge is -2.27. The summed E-state index contributed by atoms with van der Waals surface area (Å²) in [4.78, 5) is 22.9. The number of carbonyl (C=O) groups is 2. The van der Waals surface area contributed by atoms with Crippen molar-refractivity contribution in [3.63, 3.8) is 0 Å². The first-order chi connectivity index (χ1) is 14.6. The summed E-state index contributed by atoms with van der Waals surface area (Å²) in [5.74, 6) is -7.26. The number of unbranched alkanes of at least 4 members (excludes halogenated alkanes) is 8.